The van der Waals surface area contributed by atoms with Gasteiger partial charge in [0.15, 0.2) is 0 Å². The summed E-state index contributed by atoms with van der Waals surface area (Å²) in [6.45, 7) is 2.54. The maximum absolute atomic E-state index is 12.3. The van der Waals surface area contributed by atoms with E-state index in [-0.39, 0.29) is 24.5 Å². The first-order valence-electron chi connectivity index (χ1n) is 6.99. The molecule has 0 spiro atoms. The molecule has 2 aliphatic rings. The Morgan fingerprint density at radius 2 is 1.74 bits per heavy atom. The monoisotopic (exact) mass is 270 g/mol. The van der Waals surface area contributed by atoms with E-state index in [1.807, 2.05) is 0 Å². The van der Waals surface area contributed by atoms with Gasteiger partial charge in [-0.15, -0.1) is 0 Å². The number of hydrogen-bond acceptors (Lipinski definition) is 3. The molecule has 0 aromatic rings. The van der Waals surface area contributed by atoms with Crippen molar-refractivity contribution in [3.63, 3.8) is 0 Å². The molecule has 2 heterocycles. The van der Waals surface area contributed by atoms with E-state index in [1.54, 1.807) is 9.80 Å². The predicted octanol–water partition coefficient (Wildman–Crippen LogP) is 0.607. The van der Waals surface area contributed by atoms with Gasteiger partial charge in [-0.1, -0.05) is 0 Å². The number of carboxylic acids is 1. The first-order chi connectivity index (χ1) is 9.11. The number of aliphatic carboxylic acids is 1. The van der Waals surface area contributed by atoms with E-state index >= 15 is 0 Å². The van der Waals surface area contributed by atoms with Gasteiger partial charge in [0.05, 0.1) is 5.92 Å². The van der Waals surface area contributed by atoms with Crippen molar-refractivity contribution in [1.29, 1.82) is 0 Å². The summed E-state index contributed by atoms with van der Waals surface area (Å²) in [7, 11) is 0. The second kappa shape index (κ2) is 6.23. The average molecular weight is 270 g/mol. The van der Waals surface area contributed by atoms with Gasteiger partial charge in [-0.2, -0.15) is 0 Å². The molecular weight excluding hydrogens is 248 g/mol. The Hall–Kier alpha value is -1.30. The molecular formula is C13H22N2O4. The lowest BCUT2D eigenvalue weighted by Gasteiger charge is -2.38. The van der Waals surface area contributed by atoms with E-state index < -0.39 is 5.97 Å². The number of nitrogens with zero attached hydrogens (tertiary/aromatic N) is 2. The Balaban J connectivity index is 1.85. The number of carbonyl (C=O) groups excluding carboxylic acids is 1. The number of likely N-dealkylation sites (tertiary alicyclic amines) is 2. The van der Waals surface area contributed by atoms with E-state index in [9.17, 15) is 14.7 Å². The first-order valence-corrected chi connectivity index (χ1v) is 6.99. The third kappa shape index (κ3) is 3.37. The molecule has 2 aliphatic heterocycles. The highest BCUT2D eigenvalue weighted by molar-refractivity contribution is 5.75. The van der Waals surface area contributed by atoms with E-state index in [2.05, 4.69) is 0 Å². The predicted molar refractivity (Wildman–Crippen MR) is 68.7 cm³/mol. The molecule has 2 N–H and O–H groups in total. The molecule has 0 radical (unpaired) electrons. The molecule has 0 aliphatic carbocycles. The molecule has 6 nitrogen and oxygen atoms in total. The molecule has 0 saturated carbocycles. The van der Waals surface area contributed by atoms with Gasteiger partial charge in [-0.3, -0.25) is 4.79 Å². The maximum Gasteiger partial charge on any atom is 0.320 e. The minimum atomic E-state index is -0.759. The van der Waals surface area contributed by atoms with Crippen LogP contribution in [0.1, 0.15) is 25.7 Å². The lowest BCUT2D eigenvalue weighted by molar-refractivity contribution is -0.143. The number of urea groups is 1. The molecule has 0 aromatic carbocycles. The molecule has 2 amide bonds. The molecule has 2 saturated heterocycles. The Morgan fingerprint density at radius 3 is 2.32 bits per heavy atom. The van der Waals surface area contributed by atoms with Crippen LogP contribution in [0.15, 0.2) is 0 Å². The zero-order chi connectivity index (χ0) is 13.8. The second-order valence-corrected chi connectivity index (χ2v) is 5.52. The second-order valence-electron chi connectivity index (χ2n) is 5.52. The largest absolute Gasteiger partial charge is 0.481 e. The lowest BCUT2D eigenvalue weighted by Crippen LogP contribution is -2.50. The highest BCUT2D eigenvalue weighted by atomic mass is 16.4. The molecule has 0 bridgehead atoms. The van der Waals surface area contributed by atoms with Crippen LogP contribution in [0.3, 0.4) is 0 Å². The van der Waals surface area contributed by atoms with E-state index in [4.69, 9.17) is 5.11 Å². The third-order valence-corrected chi connectivity index (χ3v) is 4.16. The molecule has 108 valence electrons. The summed E-state index contributed by atoms with van der Waals surface area (Å²) in [5, 5.41) is 18.1. The summed E-state index contributed by atoms with van der Waals surface area (Å²) in [6.07, 6.45) is 2.99. The SMILES string of the molecule is O=C(O)C1CCN(C(=O)N2CCCC(CO)C2)CC1. The smallest absolute Gasteiger partial charge is 0.320 e. The number of aliphatic hydroxyl groups is 1. The van der Waals surface area contributed by atoms with Crippen molar-refractivity contribution in [2.24, 2.45) is 11.8 Å². The van der Waals surface area contributed by atoms with E-state index in [0.717, 1.165) is 19.4 Å². The van der Waals surface area contributed by atoms with Crippen LogP contribution in [-0.2, 0) is 4.79 Å². The highest BCUT2D eigenvalue weighted by Gasteiger charge is 2.31. The van der Waals surface area contributed by atoms with Crippen LogP contribution in [0, 0.1) is 11.8 Å². The number of amides is 2. The van der Waals surface area contributed by atoms with Gasteiger partial charge in [-0.25, -0.2) is 4.79 Å². The Bertz CT molecular complexity index is 340. The van der Waals surface area contributed by atoms with Gasteiger partial charge in [0.2, 0.25) is 0 Å². The van der Waals surface area contributed by atoms with Gasteiger partial charge in [-0.05, 0) is 31.6 Å². The summed E-state index contributed by atoms with van der Waals surface area (Å²) in [5.74, 6) is -0.879. The minimum absolute atomic E-state index is 0.00184. The van der Waals surface area contributed by atoms with Crippen LogP contribution in [0.2, 0.25) is 0 Å². The van der Waals surface area contributed by atoms with Gasteiger partial charge in [0, 0.05) is 32.8 Å². The van der Waals surface area contributed by atoms with Gasteiger partial charge >= 0.3 is 12.0 Å². The van der Waals surface area contributed by atoms with Crippen molar-refractivity contribution in [1.82, 2.24) is 9.80 Å². The summed E-state index contributed by atoms with van der Waals surface area (Å²) in [5.41, 5.74) is 0. The number of carboxylic acid groups (broad SMARTS) is 1. The van der Waals surface area contributed by atoms with Crippen LogP contribution < -0.4 is 0 Å². The number of piperidine rings is 2. The van der Waals surface area contributed by atoms with Crippen molar-refractivity contribution in [2.75, 3.05) is 32.8 Å². The van der Waals surface area contributed by atoms with Crippen LogP contribution in [-0.4, -0.2) is 64.8 Å². The van der Waals surface area contributed by atoms with Crippen molar-refractivity contribution < 1.29 is 19.8 Å². The Labute approximate surface area is 113 Å². The summed E-state index contributed by atoms with van der Waals surface area (Å²) < 4.78 is 0. The zero-order valence-electron chi connectivity index (χ0n) is 11.1. The van der Waals surface area contributed by atoms with Gasteiger partial charge in [0.25, 0.3) is 0 Å². The average Bonchev–Trinajstić information content (AvgIpc) is 2.46. The maximum atomic E-state index is 12.3. The molecule has 0 aromatic heterocycles. The van der Waals surface area contributed by atoms with Crippen molar-refractivity contribution in [3.8, 4) is 0 Å². The summed E-state index contributed by atoms with van der Waals surface area (Å²) >= 11 is 0. The first kappa shape index (κ1) is 14.1. The number of carbonyl (C=O) groups is 2. The summed E-state index contributed by atoms with van der Waals surface area (Å²) in [4.78, 5) is 26.7. The molecule has 1 atom stereocenters. The standard InChI is InChI=1S/C13H22N2O4/c16-9-10-2-1-5-15(8-10)13(19)14-6-3-11(4-7-14)12(17)18/h10-11,16H,1-9H2,(H,17,18). The normalized spacial score (nSPS) is 25.4. The fourth-order valence-electron chi connectivity index (χ4n) is 2.91. The minimum Gasteiger partial charge on any atom is -0.481 e. The van der Waals surface area contributed by atoms with Gasteiger partial charge in [0.1, 0.15) is 0 Å². The third-order valence-electron chi connectivity index (χ3n) is 4.16. The lowest BCUT2D eigenvalue weighted by atomic mass is 9.97. The fourth-order valence-corrected chi connectivity index (χ4v) is 2.91. The number of hydrogen-bond donors (Lipinski definition) is 2. The van der Waals surface area contributed by atoms with Crippen molar-refractivity contribution in [3.05, 3.63) is 0 Å². The Morgan fingerprint density at radius 1 is 1.05 bits per heavy atom. The van der Waals surface area contributed by atoms with Crippen LogP contribution in [0.5, 0.6) is 0 Å². The quantitative estimate of drug-likeness (QED) is 0.770. The molecule has 1 unspecified atom stereocenters. The topological polar surface area (TPSA) is 81.1 Å². The van der Waals surface area contributed by atoms with Crippen LogP contribution >= 0.6 is 0 Å². The molecule has 6 heteroatoms. The van der Waals surface area contributed by atoms with Crippen LogP contribution in [0.4, 0.5) is 4.79 Å². The molecule has 2 rings (SSSR count). The van der Waals surface area contributed by atoms with Crippen molar-refractivity contribution in [2.45, 2.75) is 25.7 Å². The molecule has 2 fully saturated rings. The Kier molecular flexibility index (Phi) is 4.63. The number of aliphatic hydroxyl groups excluding tert-OH is 1. The zero-order valence-corrected chi connectivity index (χ0v) is 11.1. The molecule has 19 heavy (non-hydrogen) atoms. The fraction of sp³-hybridized carbons (Fsp3) is 0.846. The van der Waals surface area contributed by atoms with Crippen LogP contribution in [0.25, 0.3) is 0 Å². The number of rotatable bonds is 2. The highest BCUT2D eigenvalue weighted by Crippen LogP contribution is 2.21. The van der Waals surface area contributed by atoms with Crippen molar-refractivity contribution >= 4 is 12.0 Å². The van der Waals surface area contributed by atoms with E-state index in [0.29, 0.717) is 32.5 Å². The van der Waals surface area contributed by atoms with Gasteiger partial charge < -0.3 is 20.0 Å². The summed E-state index contributed by atoms with van der Waals surface area (Å²) in [6, 6.07) is 0.00184. The van der Waals surface area contributed by atoms with E-state index in [1.165, 1.54) is 0 Å².